The monoisotopic (exact) mass is 363 g/mol. The van der Waals surface area contributed by atoms with Gasteiger partial charge in [0, 0.05) is 16.1 Å². The van der Waals surface area contributed by atoms with Crippen LogP contribution in [-0.4, -0.2) is 18.0 Å². The largest absolute Gasteiger partial charge is 0.462 e. The zero-order chi connectivity index (χ0) is 15.4. The van der Waals surface area contributed by atoms with Crippen molar-refractivity contribution in [2.45, 2.75) is 32.3 Å². The second-order valence-electron chi connectivity index (χ2n) is 6.57. The van der Waals surface area contributed by atoms with E-state index >= 15 is 0 Å². The van der Waals surface area contributed by atoms with Crippen molar-refractivity contribution in [3.8, 4) is 0 Å². The van der Waals surface area contributed by atoms with Crippen molar-refractivity contribution in [1.29, 1.82) is 0 Å². The van der Waals surface area contributed by atoms with E-state index in [1.54, 1.807) is 0 Å². The van der Waals surface area contributed by atoms with Crippen LogP contribution in [0.1, 0.15) is 25.3 Å². The topological polar surface area (TPSA) is 55.4 Å². The molecule has 1 aliphatic heterocycles. The second kappa shape index (κ2) is 5.08. The van der Waals surface area contributed by atoms with Crippen LogP contribution < -0.4 is 5.32 Å². The maximum atomic E-state index is 12.8. The quantitative estimate of drug-likeness (QED) is 0.839. The molecule has 1 saturated heterocycles. The van der Waals surface area contributed by atoms with Gasteiger partial charge in [-0.1, -0.05) is 22.9 Å². The third-order valence-corrected chi connectivity index (χ3v) is 5.99. The van der Waals surface area contributed by atoms with Gasteiger partial charge in [0.05, 0.1) is 11.8 Å². The Kier molecular flexibility index (Phi) is 3.29. The maximum absolute atomic E-state index is 12.8. The van der Waals surface area contributed by atoms with Gasteiger partial charge in [-0.3, -0.25) is 9.59 Å². The molecule has 22 heavy (non-hydrogen) atoms. The average Bonchev–Trinajstić information content (AvgIpc) is 3.10. The highest BCUT2D eigenvalue weighted by molar-refractivity contribution is 9.10. The number of anilines is 1. The normalized spacial score (nSPS) is 34.8. The van der Waals surface area contributed by atoms with E-state index in [4.69, 9.17) is 4.74 Å². The fourth-order valence-corrected chi connectivity index (χ4v) is 4.96. The van der Waals surface area contributed by atoms with Gasteiger partial charge in [0.25, 0.3) is 0 Å². The van der Waals surface area contributed by atoms with Crippen LogP contribution in [0.2, 0.25) is 0 Å². The van der Waals surface area contributed by atoms with Crippen LogP contribution in [0.15, 0.2) is 22.7 Å². The van der Waals surface area contributed by atoms with Crippen LogP contribution in [0.3, 0.4) is 0 Å². The van der Waals surface area contributed by atoms with E-state index in [9.17, 15) is 9.59 Å². The highest BCUT2D eigenvalue weighted by Crippen LogP contribution is 2.57. The van der Waals surface area contributed by atoms with Crippen molar-refractivity contribution in [3.05, 3.63) is 28.2 Å². The highest BCUT2D eigenvalue weighted by atomic mass is 79.9. The Bertz CT molecular complexity index is 657. The minimum absolute atomic E-state index is 0.0215. The minimum atomic E-state index is -0.218. The summed E-state index contributed by atoms with van der Waals surface area (Å²) in [6.45, 7) is 2.06. The molecular weight excluding hydrogens is 346 g/mol. The highest BCUT2D eigenvalue weighted by Gasteiger charge is 2.63. The number of carbonyl (C=O) groups excluding carboxylic acids is 2. The lowest BCUT2D eigenvalue weighted by molar-refractivity contribution is -0.145. The van der Waals surface area contributed by atoms with E-state index in [0.29, 0.717) is 5.92 Å². The molecule has 4 rings (SSSR count). The molecule has 0 spiro atoms. The average molecular weight is 364 g/mol. The molecule has 1 amide bonds. The SMILES string of the molecule is CCc1cc(Br)ccc1NC(=O)[C@@H]1[C@@H]2C[C@@H]3[C@H]1C(=O)O[C@H]3C2. The first-order chi connectivity index (χ1) is 10.6. The zero-order valence-electron chi connectivity index (χ0n) is 12.3. The van der Waals surface area contributed by atoms with E-state index in [1.165, 1.54) is 0 Å². The number of rotatable bonds is 3. The Labute approximate surface area is 137 Å². The Morgan fingerprint density at radius 2 is 2.23 bits per heavy atom. The van der Waals surface area contributed by atoms with Crippen molar-refractivity contribution in [2.75, 3.05) is 5.32 Å². The Balaban J connectivity index is 1.57. The van der Waals surface area contributed by atoms with Crippen LogP contribution in [-0.2, 0) is 20.7 Å². The lowest BCUT2D eigenvalue weighted by atomic mass is 9.79. The number of benzene rings is 1. The van der Waals surface area contributed by atoms with Gasteiger partial charge in [-0.15, -0.1) is 0 Å². The summed E-state index contributed by atoms with van der Waals surface area (Å²) in [5.41, 5.74) is 1.94. The number of ether oxygens (including phenoxy) is 1. The minimum Gasteiger partial charge on any atom is -0.462 e. The van der Waals surface area contributed by atoms with Crippen molar-refractivity contribution < 1.29 is 14.3 Å². The number of hydrogen-bond acceptors (Lipinski definition) is 3. The summed E-state index contributed by atoms with van der Waals surface area (Å²) in [6.07, 6.45) is 2.73. The summed E-state index contributed by atoms with van der Waals surface area (Å²) in [4.78, 5) is 24.8. The van der Waals surface area contributed by atoms with Crippen molar-refractivity contribution in [2.24, 2.45) is 23.7 Å². The molecular formula is C17H18BrNO3. The second-order valence-corrected chi connectivity index (χ2v) is 7.48. The van der Waals surface area contributed by atoms with Crippen LogP contribution in [0.5, 0.6) is 0 Å². The molecule has 3 aliphatic rings. The van der Waals surface area contributed by atoms with E-state index in [0.717, 1.165) is 35.0 Å². The summed E-state index contributed by atoms with van der Waals surface area (Å²) in [5.74, 6) is -0.0573. The molecule has 4 nitrogen and oxygen atoms in total. The molecule has 0 radical (unpaired) electrons. The number of fused-ring (bicyclic) bond motifs is 1. The van der Waals surface area contributed by atoms with E-state index in [1.807, 2.05) is 18.2 Å². The van der Waals surface area contributed by atoms with Crippen LogP contribution in [0.25, 0.3) is 0 Å². The van der Waals surface area contributed by atoms with E-state index in [2.05, 4.69) is 28.2 Å². The third kappa shape index (κ3) is 2.02. The van der Waals surface area contributed by atoms with Gasteiger partial charge in [0.15, 0.2) is 0 Å². The fourth-order valence-electron chi connectivity index (χ4n) is 4.56. The number of amides is 1. The molecule has 116 valence electrons. The van der Waals surface area contributed by atoms with Gasteiger partial charge < -0.3 is 10.1 Å². The van der Waals surface area contributed by atoms with Crippen molar-refractivity contribution >= 4 is 33.5 Å². The summed E-state index contributed by atoms with van der Waals surface area (Å²) in [7, 11) is 0. The van der Waals surface area contributed by atoms with Gasteiger partial charge in [-0.05, 0) is 48.9 Å². The number of esters is 1. The molecule has 1 N–H and O–H groups in total. The molecule has 1 aromatic carbocycles. The standard InChI is InChI=1S/C17H18BrNO3/c1-2-8-5-10(18)3-4-12(8)19-16(20)14-9-6-11-13(7-9)22-17(21)15(11)14/h3-5,9,11,13-15H,2,6-7H2,1H3,(H,19,20)/t9-,11+,13+,14-,15-/m1/s1. The fraction of sp³-hybridized carbons (Fsp3) is 0.529. The predicted molar refractivity (Wildman–Crippen MR) is 85.2 cm³/mol. The lowest BCUT2D eigenvalue weighted by Crippen LogP contribution is -2.36. The summed E-state index contributed by atoms with van der Waals surface area (Å²) in [6, 6.07) is 5.87. The molecule has 2 bridgehead atoms. The molecule has 2 aliphatic carbocycles. The molecule has 1 aromatic rings. The Morgan fingerprint density at radius 1 is 1.41 bits per heavy atom. The molecule has 2 saturated carbocycles. The zero-order valence-corrected chi connectivity index (χ0v) is 13.9. The first-order valence-corrected chi connectivity index (χ1v) is 8.67. The molecule has 0 aromatic heterocycles. The van der Waals surface area contributed by atoms with Crippen molar-refractivity contribution in [3.63, 3.8) is 0 Å². The number of nitrogens with one attached hydrogen (secondary N) is 1. The first kappa shape index (κ1) is 14.2. The van der Waals surface area contributed by atoms with E-state index in [-0.39, 0.29) is 35.7 Å². The molecule has 5 atom stereocenters. The van der Waals surface area contributed by atoms with Gasteiger partial charge in [0.2, 0.25) is 5.91 Å². The predicted octanol–water partition coefficient (Wildman–Crippen LogP) is 3.15. The number of carbonyl (C=O) groups is 2. The number of halogens is 1. The molecule has 0 unspecified atom stereocenters. The van der Waals surface area contributed by atoms with E-state index < -0.39 is 0 Å². The van der Waals surface area contributed by atoms with Gasteiger partial charge in [-0.2, -0.15) is 0 Å². The molecule has 1 heterocycles. The van der Waals surface area contributed by atoms with Crippen molar-refractivity contribution in [1.82, 2.24) is 0 Å². The number of aryl methyl sites for hydroxylation is 1. The third-order valence-electron chi connectivity index (χ3n) is 5.49. The maximum Gasteiger partial charge on any atom is 0.310 e. The van der Waals surface area contributed by atoms with Gasteiger partial charge >= 0.3 is 5.97 Å². The summed E-state index contributed by atoms with van der Waals surface area (Å²) >= 11 is 3.46. The van der Waals surface area contributed by atoms with Gasteiger partial charge in [0.1, 0.15) is 6.10 Å². The molecule has 3 fully saturated rings. The Hall–Kier alpha value is -1.36. The first-order valence-electron chi connectivity index (χ1n) is 7.88. The van der Waals surface area contributed by atoms with Crippen LogP contribution >= 0.6 is 15.9 Å². The Morgan fingerprint density at radius 3 is 3.00 bits per heavy atom. The van der Waals surface area contributed by atoms with Gasteiger partial charge in [-0.25, -0.2) is 0 Å². The van der Waals surface area contributed by atoms with Crippen LogP contribution in [0, 0.1) is 23.7 Å². The summed E-state index contributed by atoms with van der Waals surface area (Å²) in [5, 5.41) is 3.05. The van der Waals surface area contributed by atoms with Crippen LogP contribution in [0.4, 0.5) is 5.69 Å². The lowest BCUT2D eigenvalue weighted by Gasteiger charge is -2.24. The number of hydrogen-bond donors (Lipinski definition) is 1. The molecule has 5 heteroatoms. The summed E-state index contributed by atoms with van der Waals surface area (Å²) < 4.78 is 6.41. The smallest absolute Gasteiger partial charge is 0.310 e.